The lowest BCUT2D eigenvalue weighted by Gasteiger charge is -2.26. The van der Waals surface area contributed by atoms with Gasteiger partial charge in [0.2, 0.25) is 5.95 Å². The lowest BCUT2D eigenvalue weighted by atomic mass is 9.93. The van der Waals surface area contributed by atoms with Crippen LogP contribution in [0.1, 0.15) is 49.3 Å². The van der Waals surface area contributed by atoms with Crippen molar-refractivity contribution in [3.8, 4) is 6.07 Å². The average Bonchev–Trinajstić information content (AvgIpc) is 2.70. The molecule has 3 N–H and O–H groups in total. The van der Waals surface area contributed by atoms with Gasteiger partial charge in [0.25, 0.3) is 0 Å². The number of aliphatic hydroxyl groups is 1. The maximum Gasteiger partial charge on any atom is 0.224 e. The summed E-state index contributed by atoms with van der Waals surface area (Å²) in [4.78, 5) is 13.0. The molecule has 0 saturated heterocycles. The fraction of sp³-hybridized carbons (Fsp3) is 0.500. The predicted octanol–water partition coefficient (Wildman–Crippen LogP) is 2.68. The van der Waals surface area contributed by atoms with Crippen molar-refractivity contribution >= 4 is 11.8 Å². The highest BCUT2D eigenvalue weighted by atomic mass is 16.3. The first-order chi connectivity index (χ1) is 13.2. The van der Waals surface area contributed by atoms with E-state index < -0.39 is 0 Å². The van der Waals surface area contributed by atoms with Gasteiger partial charge >= 0.3 is 0 Å². The van der Waals surface area contributed by atoms with E-state index in [0.717, 1.165) is 38.5 Å². The number of nitrogens with one attached hydrogen (secondary N) is 2. The predicted molar refractivity (Wildman–Crippen MR) is 104 cm³/mol. The van der Waals surface area contributed by atoms with E-state index in [4.69, 9.17) is 0 Å². The number of nitrogens with zero attached hydrogens (tertiary/aromatic N) is 4. The van der Waals surface area contributed by atoms with Gasteiger partial charge in [0.1, 0.15) is 17.5 Å². The summed E-state index contributed by atoms with van der Waals surface area (Å²) >= 11 is 0. The first-order valence-electron chi connectivity index (χ1n) is 9.56. The van der Waals surface area contributed by atoms with E-state index in [2.05, 4.69) is 44.6 Å². The third kappa shape index (κ3) is 5.38. The molecule has 142 valence electrons. The van der Waals surface area contributed by atoms with Crippen LogP contribution in [0.3, 0.4) is 0 Å². The Morgan fingerprint density at radius 2 is 1.96 bits per heavy atom. The van der Waals surface area contributed by atoms with Crippen molar-refractivity contribution in [1.82, 2.24) is 15.0 Å². The summed E-state index contributed by atoms with van der Waals surface area (Å²) in [5.74, 6) is 1.07. The van der Waals surface area contributed by atoms with E-state index in [1.54, 1.807) is 6.20 Å². The minimum Gasteiger partial charge on any atom is -0.393 e. The SMILES string of the molecule is CCc1cncc(CCNc2ncc(C#N)c(NC3CCC(O)CC3)n2)c1. The summed E-state index contributed by atoms with van der Waals surface area (Å²) in [6.07, 6.45) is 10.2. The first-order valence-corrected chi connectivity index (χ1v) is 9.56. The molecular formula is C20H26N6O. The second kappa shape index (κ2) is 9.28. The van der Waals surface area contributed by atoms with E-state index in [9.17, 15) is 10.4 Å². The van der Waals surface area contributed by atoms with Crippen molar-refractivity contribution < 1.29 is 5.11 Å². The molecule has 0 radical (unpaired) electrons. The number of rotatable bonds is 7. The van der Waals surface area contributed by atoms with Crippen molar-refractivity contribution in [3.63, 3.8) is 0 Å². The van der Waals surface area contributed by atoms with Crippen molar-refractivity contribution in [3.05, 3.63) is 41.3 Å². The van der Waals surface area contributed by atoms with Gasteiger partial charge in [0.15, 0.2) is 0 Å². The molecule has 1 aliphatic rings. The maximum atomic E-state index is 9.64. The van der Waals surface area contributed by atoms with Crippen LogP contribution >= 0.6 is 0 Å². The summed E-state index contributed by atoms with van der Waals surface area (Å²) < 4.78 is 0. The normalized spacial score (nSPS) is 19.3. The number of pyridine rings is 1. The lowest BCUT2D eigenvalue weighted by molar-refractivity contribution is 0.126. The quantitative estimate of drug-likeness (QED) is 0.691. The number of hydrogen-bond donors (Lipinski definition) is 3. The number of aliphatic hydroxyl groups excluding tert-OH is 1. The Bertz CT molecular complexity index is 795. The van der Waals surface area contributed by atoms with Crippen molar-refractivity contribution in [2.75, 3.05) is 17.2 Å². The van der Waals surface area contributed by atoms with Crippen LogP contribution < -0.4 is 10.6 Å². The van der Waals surface area contributed by atoms with Gasteiger partial charge in [-0.2, -0.15) is 10.2 Å². The lowest BCUT2D eigenvalue weighted by Crippen LogP contribution is -2.29. The van der Waals surface area contributed by atoms with Crippen LogP contribution in [0.25, 0.3) is 0 Å². The summed E-state index contributed by atoms with van der Waals surface area (Å²) in [5.41, 5.74) is 2.84. The number of aryl methyl sites for hydroxylation is 1. The van der Waals surface area contributed by atoms with E-state index in [1.807, 2.05) is 12.4 Å². The molecule has 7 heteroatoms. The van der Waals surface area contributed by atoms with E-state index in [-0.39, 0.29) is 12.1 Å². The molecule has 27 heavy (non-hydrogen) atoms. The third-order valence-electron chi connectivity index (χ3n) is 4.90. The maximum absolute atomic E-state index is 9.64. The van der Waals surface area contributed by atoms with Crippen LogP contribution in [0.4, 0.5) is 11.8 Å². The molecule has 0 atom stereocenters. The second-order valence-corrected chi connectivity index (χ2v) is 6.95. The molecule has 1 saturated carbocycles. The molecule has 1 aliphatic carbocycles. The van der Waals surface area contributed by atoms with Crippen molar-refractivity contribution in [1.29, 1.82) is 5.26 Å². The highest BCUT2D eigenvalue weighted by Gasteiger charge is 2.20. The van der Waals surface area contributed by atoms with E-state index in [0.29, 0.717) is 23.9 Å². The largest absolute Gasteiger partial charge is 0.393 e. The number of anilines is 2. The Kier molecular flexibility index (Phi) is 6.55. The molecule has 0 aliphatic heterocycles. The monoisotopic (exact) mass is 366 g/mol. The summed E-state index contributed by atoms with van der Waals surface area (Å²) in [7, 11) is 0. The zero-order chi connectivity index (χ0) is 19.1. The van der Waals surface area contributed by atoms with Crippen LogP contribution in [0, 0.1) is 11.3 Å². The molecular weight excluding hydrogens is 340 g/mol. The Labute approximate surface area is 159 Å². The second-order valence-electron chi connectivity index (χ2n) is 6.95. The van der Waals surface area contributed by atoms with Gasteiger partial charge in [-0.1, -0.05) is 13.0 Å². The highest BCUT2D eigenvalue weighted by Crippen LogP contribution is 2.23. The Balaban J connectivity index is 1.59. The molecule has 0 amide bonds. The van der Waals surface area contributed by atoms with Crippen LogP contribution in [0.2, 0.25) is 0 Å². The topological polar surface area (TPSA) is 107 Å². The first kappa shape index (κ1) is 19.1. The summed E-state index contributed by atoms with van der Waals surface area (Å²) in [5, 5.41) is 25.5. The third-order valence-corrected chi connectivity index (χ3v) is 4.90. The molecule has 2 aromatic heterocycles. The molecule has 0 spiro atoms. The van der Waals surface area contributed by atoms with Gasteiger partial charge in [-0.3, -0.25) is 4.98 Å². The number of aromatic nitrogens is 3. The molecule has 2 heterocycles. The minimum atomic E-state index is -0.207. The van der Waals surface area contributed by atoms with Crippen molar-refractivity contribution in [2.24, 2.45) is 0 Å². The van der Waals surface area contributed by atoms with Gasteiger partial charge in [-0.25, -0.2) is 4.98 Å². The molecule has 7 nitrogen and oxygen atoms in total. The van der Waals surface area contributed by atoms with E-state index in [1.165, 1.54) is 11.1 Å². The zero-order valence-electron chi connectivity index (χ0n) is 15.6. The van der Waals surface area contributed by atoms with Crippen LogP contribution in [0.15, 0.2) is 24.7 Å². The summed E-state index contributed by atoms with van der Waals surface area (Å²) in [6, 6.07) is 4.54. The standard InChI is InChI=1S/C20H26N6O/c1-2-14-9-15(12-22-11-14)7-8-23-20-24-13-16(10-21)19(26-20)25-17-3-5-18(27)6-4-17/h9,11-13,17-18,27H,2-8H2,1H3,(H2,23,24,25,26). The molecule has 0 aromatic carbocycles. The van der Waals surface area contributed by atoms with Gasteiger partial charge in [-0.15, -0.1) is 0 Å². The van der Waals surface area contributed by atoms with Gasteiger partial charge in [0, 0.05) is 25.0 Å². The highest BCUT2D eigenvalue weighted by molar-refractivity contribution is 5.54. The average molecular weight is 366 g/mol. The molecule has 0 unspecified atom stereocenters. The zero-order valence-corrected chi connectivity index (χ0v) is 15.6. The van der Waals surface area contributed by atoms with E-state index >= 15 is 0 Å². The van der Waals surface area contributed by atoms with Crippen LogP contribution in [0.5, 0.6) is 0 Å². The summed E-state index contributed by atoms with van der Waals surface area (Å²) in [6.45, 7) is 2.81. The molecule has 3 rings (SSSR count). The smallest absolute Gasteiger partial charge is 0.224 e. The fourth-order valence-corrected chi connectivity index (χ4v) is 3.26. The van der Waals surface area contributed by atoms with Gasteiger partial charge in [0.05, 0.1) is 12.3 Å². The Hall–Kier alpha value is -2.72. The molecule has 1 fully saturated rings. The van der Waals surface area contributed by atoms with Gasteiger partial charge in [-0.05, 0) is 49.7 Å². The number of hydrogen-bond acceptors (Lipinski definition) is 7. The number of nitriles is 1. The molecule has 2 aromatic rings. The van der Waals surface area contributed by atoms with Crippen LogP contribution in [-0.2, 0) is 12.8 Å². The van der Waals surface area contributed by atoms with Crippen molar-refractivity contribution in [2.45, 2.75) is 57.6 Å². The fourth-order valence-electron chi connectivity index (χ4n) is 3.26. The van der Waals surface area contributed by atoms with Gasteiger partial charge < -0.3 is 15.7 Å². The Morgan fingerprint density at radius 1 is 1.19 bits per heavy atom. The minimum absolute atomic E-state index is 0.207. The Morgan fingerprint density at radius 3 is 2.70 bits per heavy atom. The molecule has 0 bridgehead atoms. The van der Waals surface area contributed by atoms with Crippen LogP contribution in [-0.4, -0.2) is 38.7 Å².